The van der Waals surface area contributed by atoms with Crippen LogP contribution in [0.15, 0.2) is 42.6 Å². The van der Waals surface area contributed by atoms with Gasteiger partial charge >= 0.3 is 0 Å². The number of anilines is 1. The number of rotatable bonds is 5. The first-order valence-corrected chi connectivity index (χ1v) is 9.68. The van der Waals surface area contributed by atoms with Crippen molar-refractivity contribution in [2.24, 2.45) is 5.92 Å². The number of nitrogens with zero attached hydrogens (tertiary/aromatic N) is 4. The molecule has 3 heterocycles. The van der Waals surface area contributed by atoms with Crippen LogP contribution in [0.4, 0.5) is 5.95 Å². The van der Waals surface area contributed by atoms with Gasteiger partial charge in [0.05, 0.1) is 18.1 Å². The number of halogens is 1. The summed E-state index contributed by atoms with van der Waals surface area (Å²) in [6.45, 7) is 1.93. The van der Waals surface area contributed by atoms with Crippen molar-refractivity contribution in [3.05, 3.63) is 53.2 Å². The highest BCUT2D eigenvalue weighted by Gasteiger charge is 2.28. The quantitative estimate of drug-likeness (QED) is 0.714. The van der Waals surface area contributed by atoms with Gasteiger partial charge in [0.2, 0.25) is 11.9 Å². The molecule has 28 heavy (non-hydrogen) atoms. The van der Waals surface area contributed by atoms with Gasteiger partial charge in [0.1, 0.15) is 5.75 Å². The third-order valence-corrected chi connectivity index (χ3v) is 5.34. The largest absolute Gasteiger partial charge is 0.497 e. The minimum Gasteiger partial charge on any atom is -0.497 e. The lowest BCUT2D eigenvalue weighted by Crippen LogP contribution is -2.43. The zero-order chi connectivity index (χ0) is 19.5. The van der Waals surface area contributed by atoms with Gasteiger partial charge in [-0.3, -0.25) is 9.20 Å². The molecule has 3 aromatic rings. The summed E-state index contributed by atoms with van der Waals surface area (Å²) in [6.07, 6.45) is 3.67. The summed E-state index contributed by atoms with van der Waals surface area (Å²) in [4.78, 5) is 14.8. The number of piperidine rings is 1. The molecule has 7 nitrogen and oxygen atoms in total. The van der Waals surface area contributed by atoms with E-state index in [9.17, 15) is 4.79 Å². The molecular formula is C20H22ClN5O2. The number of hydrogen-bond donors (Lipinski definition) is 1. The summed E-state index contributed by atoms with van der Waals surface area (Å²) in [5.74, 6) is 1.47. The standard InChI is InChI=1S/C20H22ClN5O2/c1-28-16-7-2-5-14(11-16)12-22-19(27)15-6-3-9-25(13-15)20-24-23-18-17(21)8-4-10-26(18)20/h2,4-5,7-8,10-11,15H,3,6,9,12-13H2,1H3,(H,22,27). The van der Waals surface area contributed by atoms with E-state index in [1.807, 2.05) is 40.9 Å². The Bertz CT molecular complexity index is 990. The number of benzene rings is 1. The van der Waals surface area contributed by atoms with Crippen LogP contribution < -0.4 is 15.0 Å². The first-order valence-electron chi connectivity index (χ1n) is 9.30. The summed E-state index contributed by atoms with van der Waals surface area (Å²) in [6, 6.07) is 11.4. The number of hydrogen-bond acceptors (Lipinski definition) is 5. The fourth-order valence-corrected chi connectivity index (χ4v) is 3.78. The van der Waals surface area contributed by atoms with Gasteiger partial charge in [-0.05, 0) is 42.7 Å². The molecular weight excluding hydrogens is 378 g/mol. The van der Waals surface area contributed by atoms with Crippen LogP contribution in [-0.4, -0.2) is 40.7 Å². The number of ether oxygens (including phenoxy) is 1. The molecule has 1 N–H and O–H groups in total. The summed E-state index contributed by atoms with van der Waals surface area (Å²) in [5.41, 5.74) is 1.64. The Morgan fingerprint density at radius 3 is 3.07 bits per heavy atom. The third kappa shape index (κ3) is 3.75. The Morgan fingerprint density at radius 1 is 1.32 bits per heavy atom. The van der Waals surface area contributed by atoms with Crippen molar-refractivity contribution >= 4 is 29.1 Å². The van der Waals surface area contributed by atoms with Gasteiger partial charge in [-0.25, -0.2) is 0 Å². The fraction of sp³-hybridized carbons (Fsp3) is 0.350. The van der Waals surface area contributed by atoms with E-state index in [-0.39, 0.29) is 11.8 Å². The average molecular weight is 400 g/mol. The molecule has 0 aliphatic carbocycles. The van der Waals surface area contributed by atoms with Crippen LogP contribution in [0.2, 0.25) is 5.02 Å². The maximum atomic E-state index is 12.7. The number of fused-ring (bicyclic) bond motifs is 1. The Hall–Kier alpha value is -2.80. The maximum Gasteiger partial charge on any atom is 0.231 e. The minimum absolute atomic E-state index is 0.0550. The third-order valence-electron chi connectivity index (χ3n) is 5.05. The summed E-state index contributed by atoms with van der Waals surface area (Å²) >= 11 is 6.19. The fourth-order valence-electron chi connectivity index (χ4n) is 3.58. The van der Waals surface area contributed by atoms with Crippen molar-refractivity contribution in [3.63, 3.8) is 0 Å². The van der Waals surface area contributed by atoms with Gasteiger partial charge in [-0.2, -0.15) is 0 Å². The molecule has 0 saturated carbocycles. The van der Waals surface area contributed by atoms with Gasteiger partial charge in [-0.15, -0.1) is 10.2 Å². The highest BCUT2D eigenvalue weighted by molar-refractivity contribution is 6.33. The second-order valence-electron chi connectivity index (χ2n) is 6.90. The molecule has 1 atom stereocenters. The van der Waals surface area contributed by atoms with Gasteiger partial charge in [0.25, 0.3) is 0 Å². The zero-order valence-electron chi connectivity index (χ0n) is 15.6. The highest BCUT2D eigenvalue weighted by Crippen LogP contribution is 2.25. The predicted molar refractivity (Wildman–Crippen MR) is 108 cm³/mol. The normalized spacial score (nSPS) is 16.9. The summed E-state index contributed by atoms with van der Waals surface area (Å²) in [5, 5.41) is 12.1. The van der Waals surface area contributed by atoms with E-state index in [4.69, 9.17) is 16.3 Å². The lowest BCUT2D eigenvalue weighted by Gasteiger charge is -2.32. The first kappa shape index (κ1) is 18.6. The zero-order valence-corrected chi connectivity index (χ0v) is 16.4. The lowest BCUT2D eigenvalue weighted by atomic mass is 9.97. The van der Waals surface area contributed by atoms with Crippen molar-refractivity contribution < 1.29 is 9.53 Å². The molecule has 4 rings (SSSR count). The molecule has 146 valence electrons. The Morgan fingerprint density at radius 2 is 2.21 bits per heavy atom. The minimum atomic E-state index is -0.0918. The number of carbonyl (C=O) groups excluding carboxylic acids is 1. The molecule has 1 aliphatic rings. The van der Waals surface area contributed by atoms with Crippen LogP contribution in [0.25, 0.3) is 5.65 Å². The molecule has 2 aromatic heterocycles. The van der Waals surface area contributed by atoms with Crippen LogP contribution in [0.3, 0.4) is 0 Å². The van der Waals surface area contributed by atoms with Crippen LogP contribution in [0.1, 0.15) is 18.4 Å². The van der Waals surface area contributed by atoms with E-state index in [1.165, 1.54) is 0 Å². The van der Waals surface area contributed by atoms with Crippen molar-refractivity contribution in [1.29, 1.82) is 0 Å². The summed E-state index contributed by atoms with van der Waals surface area (Å²) < 4.78 is 7.11. The second kappa shape index (κ2) is 8.06. The van der Waals surface area contributed by atoms with Crippen molar-refractivity contribution in [2.75, 3.05) is 25.1 Å². The Balaban J connectivity index is 1.43. The predicted octanol–water partition coefficient (Wildman–Crippen LogP) is 2.92. The van der Waals surface area contributed by atoms with Crippen LogP contribution in [-0.2, 0) is 11.3 Å². The first-order chi connectivity index (χ1) is 13.7. The average Bonchev–Trinajstić information content (AvgIpc) is 3.18. The number of nitrogens with one attached hydrogen (secondary N) is 1. The molecule has 8 heteroatoms. The Kier molecular flexibility index (Phi) is 5.34. The van der Waals surface area contributed by atoms with E-state index < -0.39 is 0 Å². The van der Waals surface area contributed by atoms with Crippen LogP contribution >= 0.6 is 11.6 Å². The SMILES string of the molecule is COc1cccc(CNC(=O)C2CCCN(c3nnc4c(Cl)cccn34)C2)c1. The van der Waals surface area contributed by atoms with Crippen molar-refractivity contribution in [3.8, 4) is 5.75 Å². The number of aromatic nitrogens is 3. The van der Waals surface area contributed by atoms with Crippen LogP contribution in [0, 0.1) is 5.92 Å². The lowest BCUT2D eigenvalue weighted by molar-refractivity contribution is -0.125. The van der Waals surface area contributed by atoms with E-state index in [2.05, 4.69) is 20.4 Å². The molecule has 1 saturated heterocycles. The van der Waals surface area contributed by atoms with E-state index >= 15 is 0 Å². The van der Waals surface area contributed by atoms with Crippen molar-refractivity contribution in [2.45, 2.75) is 19.4 Å². The second-order valence-corrected chi connectivity index (χ2v) is 7.31. The van der Waals surface area contributed by atoms with Gasteiger partial charge in [0, 0.05) is 25.8 Å². The molecule has 0 bridgehead atoms. The highest BCUT2D eigenvalue weighted by atomic mass is 35.5. The molecule has 1 unspecified atom stereocenters. The number of pyridine rings is 1. The molecule has 1 fully saturated rings. The smallest absolute Gasteiger partial charge is 0.231 e. The van der Waals surface area contributed by atoms with Gasteiger partial charge < -0.3 is 15.0 Å². The Labute approximate surface area is 168 Å². The summed E-state index contributed by atoms with van der Waals surface area (Å²) in [7, 11) is 1.63. The molecule has 1 aliphatic heterocycles. The van der Waals surface area contributed by atoms with E-state index in [0.717, 1.165) is 36.6 Å². The van der Waals surface area contributed by atoms with Crippen molar-refractivity contribution in [1.82, 2.24) is 19.9 Å². The molecule has 1 amide bonds. The number of carbonyl (C=O) groups is 1. The maximum absolute atomic E-state index is 12.7. The monoisotopic (exact) mass is 399 g/mol. The molecule has 1 aromatic carbocycles. The topological polar surface area (TPSA) is 71.8 Å². The van der Waals surface area contributed by atoms with Gasteiger partial charge in [-0.1, -0.05) is 23.7 Å². The van der Waals surface area contributed by atoms with E-state index in [0.29, 0.717) is 23.8 Å². The van der Waals surface area contributed by atoms with Gasteiger partial charge in [0.15, 0.2) is 5.65 Å². The number of amides is 1. The molecule has 0 radical (unpaired) electrons. The van der Waals surface area contributed by atoms with E-state index in [1.54, 1.807) is 13.2 Å². The molecule has 0 spiro atoms. The van der Waals surface area contributed by atoms with Crippen LogP contribution in [0.5, 0.6) is 5.75 Å². The number of methoxy groups -OCH3 is 1.